The van der Waals surface area contributed by atoms with E-state index in [-0.39, 0.29) is 0 Å². The predicted octanol–water partition coefficient (Wildman–Crippen LogP) is 2.28. The van der Waals surface area contributed by atoms with E-state index in [1.165, 1.54) is 0 Å². The first-order chi connectivity index (χ1) is 5.95. The van der Waals surface area contributed by atoms with Crippen LogP contribution in [0.2, 0.25) is 0 Å². The van der Waals surface area contributed by atoms with Crippen molar-refractivity contribution in [1.82, 2.24) is 4.98 Å². The summed E-state index contributed by atoms with van der Waals surface area (Å²) in [7, 11) is 0. The van der Waals surface area contributed by atoms with E-state index in [1.54, 1.807) is 11.8 Å². The Bertz CT molecular complexity index is 284. The molecule has 2 nitrogen and oxygen atoms in total. The molecule has 4 heteroatoms. The topological polar surface area (TPSA) is 25.2 Å². The minimum Gasteiger partial charge on any atom is -0.271 e. The SMILES string of the molecule is c1ccc(SC2=NCCS2)nc1. The highest BCUT2D eigenvalue weighted by molar-refractivity contribution is 8.39. The Morgan fingerprint density at radius 3 is 3.08 bits per heavy atom. The van der Waals surface area contributed by atoms with Crippen LogP contribution < -0.4 is 0 Å². The molecule has 0 spiro atoms. The molecular weight excluding hydrogens is 188 g/mol. The van der Waals surface area contributed by atoms with Gasteiger partial charge >= 0.3 is 0 Å². The summed E-state index contributed by atoms with van der Waals surface area (Å²) in [6.07, 6.45) is 1.81. The molecular formula is C8H8N2S2. The first-order valence-electron chi connectivity index (χ1n) is 3.71. The van der Waals surface area contributed by atoms with E-state index in [9.17, 15) is 0 Å². The number of nitrogens with zero attached hydrogens (tertiary/aromatic N) is 2. The lowest BCUT2D eigenvalue weighted by Gasteiger charge is -1.96. The van der Waals surface area contributed by atoms with Crippen LogP contribution in [0.15, 0.2) is 34.4 Å². The van der Waals surface area contributed by atoms with Crippen molar-refractivity contribution in [2.75, 3.05) is 12.3 Å². The second-order valence-electron chi connectivity index (χ2n) is 2.27. The van der Waals surface area contributed by atoms with Gasteiger partial charge in [-0.15, -0.1) is 0 Å². The van der Waals surface area contributed by atoms with Crippen molar-refractivity contribution >= 4 is 27.9 Å². The summed E-state index contributed by atoms with van der Waals surface area (Å²) in [4.78, 5) is 8.54. The minimum atomic E-state index is 0.958. The third kappa shape index (κ3) is 2.01. The van der Waals surface area contributed by atoms with Gasteiger partial charge in [0, 0.05) is 11.9 Å². The van der Waals surface area contributed by atoms with Gasteiger partial charge in [0.15, 0.2) is 0 Å². The largest absolute Gasteiger partial charge is 0.271 e. The Kier molecular flexibility index (Phi) is 2.68. The van der Waals surface area contributed by atoms with Crippen LogP contribution in [0.3, 0.4) is 0 Å². The summed E-state index contributed by atoms with van der Waals surface area (Å²) in [6, 6.07) is 5.93. The van der Waals surface area contributed by atoms with Gasteiger partial charge in [-0.3, -0.25) is 4.99 Å². The number of rotatable bonds is 1. The van der Waals surface area contributed by atoms with Crippen molar-refractivity contribution in [3.05, 3.63) is 24.4 Å². The molecule has 1 aliphatic rings. The van der Waals surface area contributed by atoms with Crippen molar-refractivity contribution in [1.29, 1.82) is 0 Å². The molecule has 0 aromatic carbocycles. The molecule has 2 rings (SSSR count). The maximum Gasteiger partial charge on any atom is 0.130 e. The van der Waals surface area contributed by atoms with Gasteiger partial charge in [0.1, 0.15) is 9.40 Å². The molecule has 0 bridgehead atoms. The molecule has 1 aromatic heterocycles. The van der Waals surface area contributed by atoms with E-state index >= 15 is 0 Å². The number of hydrogen-bond acceptors (Lipinski definition) is 4. The zero-order valence-electron chi connectivity index (χ0n) is 6.43. The molecule has 0 saturated heterocycles. The van der Waals surface area contributed by atoms with Crippen LogP contribution in [0.25, 0.3) is 0 Å². The maximum absolute atomic E-state index is 4.33. The van der Waals surface area contributed by atoms with Crippen LogP contribution in [-0.4, -0.2) is 21.7 Å². The Balaban J connectivity index is 2.04. The fourth-order valence-corrected chi connectivity index (χ4v) is 2.75. The fourth-order valence-electron chi connectivity index (χ4n) is 0.874. The molecule has 1 aromatic rings. The van der Waals surface area contributed by atoms with Gasteiger partial charge in [0.05, 0.1) is 6.54 Å². The molecule has 0 atom stereocenters. The van der Waals surface area contributed by atoms with Crippen LogP contribution in [0, 0.1) is 0 Å². The summed E-state index contributed by atoms with van der Waals surface area (Å²) >= 11 is 3.46. The molecule has 0 amide bonds. The van der Waals surface area contributed by atoms with Gasteiger partial charge in [-0.2, -0.15) is 0 Å². The highest BCUT2D eigenvalue weighted by Crippen LogP contribution is 2.27. The molecule has 0 fully saturated rings. The third-order valence-electron chi connectivity index (χ3n) is 1.39. The van der Waals surface area contributed by atoms with Crippen LogP contribution in [-0.2, 0) is 0 Å². The molecule has 1 aliphatic heterocycles. The van der Waals surface area contributed by atoms with E-state index in [4.69, 9.17) is 0 Å². The second-order valence-corrected chi connectivity index (χ2v) is 4.62. The maximum atomic E-state index is 4.33. The second kappa shape index (κ2) is 3.96. The monoisotopic (exact) mass is 196 g/mol. The van der Waals surface area contributed by atoms with E-state index in [0.717, 1.165) is 21.7 Å². The first kappa shape index (κ1) is 8.13. The van der Waals surface area contributed by atoms with Gasteiger partial charge in [-0.05, 0) is 23.9 Å². The number of aromatic nitrogens is 1. The molecule has 12 heavy (non-hydrogen) atoms. The third-order valence-corrected chi connectivity index (χ3v) is 3.51. The summed E-state index contributed by atoms with van der Waals surface area (Å²) < 4.78 is 1.15. The lowest BCUT2D eigenvalue weighted by atomic mass is 10.5. The molecule has 62 valence electrons. The molecule has 0 saturated carbocycles. The van der Waals surface area contributed by atoms with E-state index in [2.05, 4.69) is 9.98 Å². The number of hydrogen-bond donors (Lipinski definition) is 0. The van der Waals surface area contributed by atoms with E-state index in [0.29, 0.717) is 0 Å². The van der Waals surface area contributed by atoms with Crippen molar-refractivity contribution in [3.8, 4) is 0 Å². The number of pyridine rings is 1. The van der Waals surface area contributed by atoms with E-state index in [1.807, 2.05) is 36.2 Å². The smallest absolute Gasteiger partial charge is 0.130 e. The lowest BCUT2D eigenvalue weighted by Crippen LogP contribution is -1.82. The van der Waals surface area contributed by atoms with Gasteiger partial charge in [0.25, 0.3) is 0 Å². The summed E-state index contributed by atoms with van der Waals surface area (Å²) in [5.74, 6) is 1.12. The summed E-state index contributed by atoms with van der Waals surface area (Å²) in [6.45, 7) is 0.958. The predicted molar refractivity (Wildman–Crippen MR) is 54.9 cm³/mol. The van der Waals surface area contributed by atoms with Crippen molar-refractivity contribution in [2.24, 2.45) is 4.99 Å². The standard InChI is InChI=1S/C8H8N2S2/c1-2-4-9-7(3-1)12-8-10-5-6-11-8/h1-4H,5-6H2. The van der Waals surface area contributed by atoms with Crippen molar-refractivity contribution in [3.63, 3.8) is 0 Å². The van der Waals surface area contributed by atoms with Crippen molar-refractivity contribution < 1.29 is 0 Å². The average molecular weight is 196 g/mol. The zero-order valence-corrected chi connectivity index (χ0v) is 8.07. The van der Waals surface area contributed by atoms with E-state index < -0.39 is 0 Å². The molecule has 0 N–H and O–H groups in total. The molecule has 0 aliphatic carbocycles. The Morgan fingerprint density at radius 2 is 2.42 bits per heavy atom. The zero-order chi connectivity index (χ0) is 8.23. The Hall–Kier alpha value is -0.480. The van der Waals surface area contributed by atoms with Gasteiger partial charge in [0.2, 0.25) is 0 Å². The average Bonchev–Trinajstić information content (AvgIpc) is 2.59. The van der Waals surface area contributed by atoms with Gasteiger partial charge < -0.3 is 0 Å². The number of aliphatic imine (C=N–C) groups is 1. The lowest BCUT2D eigenvalue weighted by molar-refractivity contribution is 1.14. The Labute approximate surface area is 79.9 Å². The van der Waals surface area contributed by atoms with Gasteiger partial charge in [-0.1, -0.05) is 17.8 Å². The highest BCUT2D eigenvalue weighted by Gasteiger charge is 2.08. The van der Waals surface area contributed by atoms with Crippen LogP contribution in [0.5, 0.6) is 0 Å². The molecule has 0 radical (unpaired) electrons. The van der Waals surface area contributed by atoms with Crippen LogP contribution in [0.1, 0.15) is 0 Å². The summed E-state index contributed by atoms with van der Waals surface area (Å²) in [5, 5.41) is 1.03. The number of thioether (sulfide) groups is 2. The first-order valence-corrected chi connectivity index (χ1v) is 5.51. The van der Waals surface area contributed by atoms with Gasteiger partial charge in [-0.25, -0.2) is 4.98 Å². The van der Waals surface area contributed by atoms with Crippen molar-refractivity contribution in [2.45, 2.75) is 5.03 Å². The van der Waals surface area contributed by atoms with Crippen LogP contribution >= 0.6 is 23.5 Å². The summed E-state index contributed by atoms with van der Waals surface area (Å²) in [5.41, 5.74) is 0. The molecule has 0 unspecified atom stereocenters. The highest BCUT2D eigenvalue weighted by atomic mass is 32.2. The minimum absolute atomic E-state index is 0.958. The Morgan fingerprint density at radius 1 is 1.42 bits per heavy atom. The quantitative estimate of drug-likeness (QED) is 0.689. The fraction of sp³-hybridized carbons (Fsp3) is 0.250. The normalized spacial score (nSPS) is 16.2. The molecule has 2 heterocycles. The van der Waals surface area contributed by atoms with Crippen LogP contribution in [0.4, 0.5) is 0 Å².